The van der Waals surface area contributed by atoms with Gasteiger partial charge in [0.25, 0.3) is 0 Å². The van der Waals surface area contributed by atoms with Gasteiger partial charge >= 0.3 is 0 Å². The highest BCUT2D eigenvalue weighted by molar-refractivity contribution is 5.80. The second-order valence-electron chi connectivity index (χ2n) is 5.64. The van der Waals surface area contributed by atoms with Crippen LogP contribution >= 0.6 is 0 Å². The fourth-order valence-electron chi connectivity index (χ4n) is 1.94. The molecule has 1 rings (SSSR count). The van der Waals surface area contributed by atoms with Gasteiger partial charge in [-0.1, -0.05) is 37.6 Å². The molecule has 4 nitrogen and oxygen atoms in total. The van der Waals surface area contributed by atoms with Crippen molar-refractivity contribution in [2.75, 3.05) is 20.7 Å². The van der Waals surface area contributed by atoms with Gasteiger partial charge in [-0.25, -0.2) is 0 Å². The van der Waals surface area contributed by atoms with Gasteiger partial charge in [-0.3, -0.25) is 4.79 Å². The highest BCUT2D eigenvalue weighted by atomic mass is 16.5. The lowest BCUT2D eigenvalue weighted by atomic mass is 10.1. The molecule has 1 aromatic rings. The van der Waals surface area contributed by atoms with E-state index >= 15 is 0 Å². The Bertz CT molecular complexity index is 415. The van der Waals surface area contributed by atoms with E-state index in [9.17, 15) is 4.79 Å². The number of nitrogens with one attached hydrogen (secondary N) is 1. The smallest absolute Gasteiger partial charge is 0.249 e. The molecule has 0 heterocycles. The van der Waals surface area contributed by atoms with Crippen LogP contribution < -0.4 is 5.32 Å². The van der Waals surface area contributed by atoms with Gasteiger partial charge in [-0.2, -0.15) is 0 Å². The Balaban J connectivity index is 2.35. The Labute approximate surface area is 128 Å². The Kier molecular flexibility index (Phi) is 8.01. The maximum absolute atomic E-state index is 11.9. The van der Waals surface area contributed by atoms with Crippen LogP contribution in [0.25, 0.3) is 0 Å². The third kappa shape index (κ3) is 7.25. The number of amides is 1. The normalized spacial score (nSPS) is 12.4. The number of rotatable bonds is 9. The molecule has 4 heteroatoms. The third-order valence-electron chi connectivity index (χ3n) is 3.22. The van der Waals surface area contributed by atoms with Crippen molar-refractivity contribution in [3.05, 3.63) is 35.4 Å². The van der Waals surface area contributed by atoms with Crippen LogP contribution in [0.5, 0.6) is 0 Å². The van der Waals surface area contributed by atoms with Crippen LogP contribution in [0.15, 0.2) is 24.3 Å². The number of benzene rings is 1. The Morgan fingerprint density at radius 1 is 1.24 bits per heavy atom. The van der Waals surface area contributed by atoms with Crippen LogP contribution in [0.3, 0.4) is 0 Å². The largest absolute Gasteiger partial charge is 0.369 e. The average molecular weight is 292 g/mol. The maximum atomic E-state index is 11.9. The summed E-state index contributed by atoms with van der Waals surface area (Å²) in [6.07, 6.45) is 1.68. The number of ether oxygens (including phenoxy) is 1. The molecule has 1 amide bonds. The van der Waals surface area contributed by atoms with Gasteiger partial charge in [0.15, 0.2) is 0 Å². The van der Waals surface area contributed by atoms with Gasteiger partial charge in [0, 0.05) is 19.7 Å². The van der Waals surface area contributed by atoms with E-state index in [-0.39, 0.29) is 12.0 Å². The summed E-state index contributed by atoms with van der Waals surface area (Å²) in [5, 5.41) is 2.91. The third-order valence-corrected chi connectivity index (χ3v) is 3.22. The minimum Gasteiger partial charge on any atom is -0.369 e. The van der Waals surface area contributed by atoms with E-state index in [1.165, 1.54) is 5.56 Å². The quantitative estimate of drug-likeness (QED) is 0.711. The molecule has 1 N–H and O–H groups in total. The molecule has 0 radical (unpaired) electrons. The zero-order valence-electron chi connectivity index (χ0n) is 13.7. The summed E-state index contributed by atoms with van der Waals surface area (Å²) in [5.74, 6) is -0.0523. The van der Waals surface area contributed by atoms with Crippen molar-refractivity contribution in [3.8, 4) is 0 Å². The molecule has 0 saturated carbocycles. The lowest BCUT2D eigenvalue weighted by Crippen LogP contribution is -2.34. The van der Waals surface area contributed by atoms with Gasteiger partial charge in [0.05, 0.1) is 0 Å². The van der Waals surface area contributed by atoms with Crippen molar-refractivity contribution in [3.63, 3.8) is 0 Å². The topological polar surface area (TPSA) is 41.6 Å². The number of hydrogen-bond acceptors (Lipinski definition) is 3. The molecule has 0 unspecified atom stereocenters. The van der Waals surface area contributed by atoms with Crippen molar-refractivity contribution in [2.24, 2.45) is 0 Å². The van der Waals surface area contributed by atoms with Crippen LogP contribution in [0.2, 0.25) is 0 Å². The Morgan fingerprint density at radius 3 is 2.43 bits per heavy atom. The molecule has 1 aromatic carbocycles. The van der Waals surface area contributed by atoms with Crippen molar-refractivity contribution < 1.29 is 9.53 Å². The second kappa shape index (κ2) is 9.53. The molecule has 0 fully saturated rings. The lowest BCUT2D eigenvalue weighted by molar-refractivity contribution is -0.131. The predicted octanol–water partition coefficient (Wildman–Crippen LogP) is 2.57. The Hall–Kier alpha value is -1.39. The summed E-state index contributed by atoms with van der Waals surface area (Å²) < 4.78 is 5.48. The first-order chi connectivity index (χ1) is 10.0. The van der Waals surface area contributed by atoms with Crippen molar-refractivity contribution in [1.82, 2.24) is 10.2 Å². The summed E-state index contributed by atoms with van der Waals surface area (Å²) in [7, 11) is 4.10. The van der Waals surface area contributed by atoms with Gasteiger partial charge in [-0.05, 0) is 38.6 Å². The average Bonchev–Trinajstić information content (AvgIpc) is 2.45. The fourth-order valence-corrected chi connectivity index (χ4v) is 1.94. The number of hydrogen-bond donors (Lipinski definition) is 1. The van der Waals surface area contributed by atoms with Gasteiger partial charge in [0.2, 0.25) is 5.91 Å². The minimum atomic E-state index is -0.385. The van der Waals surface area contributed by atoms with Crippen molar-refractivity contribution >= 4 is 5.91 Å². The van der Waals surface area contributed by atoms with Crippen LogP contribution in [-0.4, -0.2) is 37.6 Å². The molecule has 21 heavy (non-hydrogen) atoms. The van der Waals surface area contributed by atoms with E-state index in [0.717, 1.165) is 24.9 Å². The van der Waals surface area contributed by atoms with Crippen LogP contribution in [0, 0.1) is 0 Å². The zero-order chi connectivity index (χ0) is 15.7. The molecule has 0 aliphatic carbocycles. The van der Waals surface area contributed by atoms with Gasteiger partial charge in [-0.15, -0.1) is 0 Å². The number of carbonyl (C=O) groups is 1. The molecule has 1 atom stereocenters. The Morgan fingerprint density at radius 2 is 1.86 bits per heavy atom. The number of carbonyl (C=O) groups excluding carboxylic acids is 1. The SMILES string of the molecule is CCCCO[C@@H](C)C(=O)NCc1ccc(CN(C)C)cc1. The summed E-state index contributed by atoms with van der Waals surface area (Å²) in [5.41, 5.74) is 2.37. The first-order valence-electron chi connectivity index (χ1n) is 7.64. The summed E-state index contributed by atoms with van der Waals surface area (Å²) in [4.78, 5) is 14.0. The predicted molar refractivity (Wildman–Crippen MR) is 86.0 cm³/mol. The van der Waals surface area contributed by atoms with Crippen LogP contribution in [0.4, 0.5) is 0 Å². The molecule has 0 spiro atoms. The molecular formula is C17H28N2O2. The highest BCUT2D eigenvalue weighted by Gasteiger charge is 2.12. The fraction of sp³-hybridized carbons (Fsp3) is 0.588. The molecule has 0 aliphatic rings. The first-order valence-corrected chi connectivity index (χ1v) is 7.64. The lowest BCUT2D eigenvalue weighted by Gasteiger charge is -2.14. The van der Waals surface area contributed by atoms with Crippen LogP contribution in [0.1, 0.15) is 37.8 Å². The van der Waals surface area contributed by atoms with E-state index in [2.05, 4.69) is 41.4 Å². The van der Waals surface area contributed by atoms with Gasteiger partial charge in [0.1, 0.15) is 6.10 Å². The molecular weight excluding hydrogens is 264 g/mol. The summed E-state index contributed by atoms with van der Waals surface area (Å²) in [6.45, 7) is 6.01. The van der Waals surface area contributed by atoms with Crippen molar-refractivity contribution in [1.29, 1.82) is 0 Å². The molecule has 0 aliphatic heterocycles. The monoisotopic (exact) mass is 292 g/mol. The minimum absolute atomic E-state index is 0.0523. The highest BCUT2D eigenvalue weighted by Crippen LogP contribution is 2.06. The van der Waals surface area contributed by atoms with Crippen molar-refractivity contribution in [2.45, 2.75) is 45.9 Å². The maximum Gasteiger partial charge on any atom is 0.249 e. The summed E-state index contributed by atoms with van der Waals surface area (Å²) >= 11 is 0. The first kappa shape index (κ1) is 17.7. The van der Waals surface area contributed by atoms with E-state index in [0.29, 0.717) is 13.2 Å². The molecule has 0 saturated heterocycles. The number of nitrogens with zero attached hydrogens (tertiary/aromatic N) is 1. The molecule has 118 valence electrons. The van der Waals surface area contributed by atoms with Gasteiger partial charge < -0.3 is 15.0 Å². The second-order valence-corrected chi connectivity index (χ2v) is 5.64. The van der Waals surface area contributed by atoms with Crippen LogP contribution in [-0.2, 0) is 22.6 Å². The zero-order valence-corrected chi connectivity index (χ0v) is 13.7. The molecule has 0 aromatic heterocycles. The summed E-state index contributed by atoms with van der Waals surface area (Å²) in [6, 6.07) is 8.31. The molecule has 0 bridgehead atoms. The van der Waals surface area contributed by atoms with E-state index in [1.807, 2.05) is 14.1 Å². The van der Waals surface area contributed by atoms with E-state index in [4.69, 9.17) is 4.74 Å². The standard InChI is InChI=1S/C17H28N2O2/c1-5-6-11-21-14(2)17(20)18-12-15-7-9-16(10-8-15)13-19(3)4/h7-10,14H,5-6,11-13H2,1-4H3,(H,18,20)/t14-/m0/s1. The van der Waals surface area contributed by atoms with E-state index in [1.54, 1.807) is 6.92 Å². The number of unbranched alkanes of at least 4 members (excludes halogenated alkanes) is 1. The van der Waals surface area contributed by atoms with E-state index < -0.39 is 0 Å².